The summed E-state index contributed by atoms with van der Waals surface area (Å²) in [5.74, 6) is 0.261. The zero-order chi connectivity index (χ0) is 17.8. The first-order valence-electron chi connectivity index (χ1n) is 8.87. The van der Waals surface area contributed by atoms with Crippen LogP contribution in [-0.4, -0.2) is 10.8 Å². The van der Waals surface area contributed by atoms with Crippen LogP contribution in [0.1, 0.15) is 43.9 Å². The quantitative estimate of drug-likeness (QED) is 0.753. The summed E-state index contributed by atoms with van der Waals surface area (Å²) in [4.78, 5) is 4.88. The summed E-state index contributed by atoms with van der Waals surface area (Å²) in [5, 5.41) is 10.3. The van der Waals surface area contributed by atoms with Gasteiger partial charge in [0.1, 0.15) is 11.6 Å². The zero-order valence-corrected chi connectivity index (χ0v) is 14.7. The number of nitrogens with zero attached hydrogens (tertiary/aromatic N) is 1. The second-order valence-electron chi connectivity index (χ2n) is 6.56. The highest BCUT2D eigenvalue weighted by Crippen LogP contribution is 2.39. The number of dihydropyridines is 1. The van der Waals surface area contributed by atoms with Crippen molar-refractivity contribution in [1.29, 1.82) is 0 Å². The second kappa shape index (κ2) is 7.64. The second-order valence-corrected chi connectivity index (χ2v) is 6.56. The molecule has 3 heteroatoms. The molecule has 1 aliphatic heterocycles. The lowest BCUT2D eigenvalue weighted by molar-refractivity contribution is 0.429. The van der Waals surface area contributed by atoms with Crippen LogP contribution in [0.3, 0.4) is 0 Å². The SMILES string of the molecule is CCC1=CC(CCc2ccccc2F)C(c2ccccc2O)N=C1C. The minimum absolute atomic E-state index is 0.122. The molecule has 2 unspecified atom stereocenters. The number of aliphatic imine (C=N–C) groups is 1. The molecule has 3 rings (SSSR count). The van der Waals surface area contributed by atoms with Crippen LogP contribution >= 0.6 is 0 Å². The van der Waals surface area contributed by atoms with Crippen LogP contribution in [0, 0.1) is 11.7 Å². The van der Waals surface area contributed by atoms with E-state index >= 15 is 0 Å². The normalized spacial score (nSPS) is 20.1. The third-order valence-corrected chi connectivity index (χ3v) is 4.96. The zero-order valence-electron chi connectivity index (χ0n) is 14.7. The van der Waals surface area contributed by atoms with Crippen molar-refractivity contribution in [3.05, 3.63) is 77.1 Å². The van der Waals surface area contributed by atoms with Gasteiger partial charge in [-0.1, -0.05) is 49.4 Å². The van der Waals surface area contributed by atoms with Gasteiger partial charge in [-0.15, -0.1) is 0 Å². The van der Waals surface area contributed by atoms with E-state index in [4.69, 9.17) is 4.99 Å². The highest BCUT2D eigenvalue weighted by molar-refractivity contribution is 5.99. The van der Waals surface area contributed by atoms with Crippen molar-refractivity contribution in [3.63, 3.8) is 0 Å². The number of aromatic hydroxyl groups is 1. The van der Waals surface area contributed by atoms with Gasteiger partial charge in [0.2, 0.25) is 0 Å². The predicted molar refractivity (Wildman–Crippen MR) is 101 cm³/mol. The number of benzene rings is 2. The molecule has 2 aromatic rings. The maximum atomic E-state index is 13.9. The minimum atomic E-state index is -0.156. The van der Waals surface area contributed by atoms with Crippen molar-refractivity contribution in [1.82, 2.24) is 0 Å². The molecule has 2 nitrogen and oxygen atoms in total. The van der Waals surface area contributed by atoms with Crippen LogP contribution < -0.4 is 0 Å². The van der Waals surface area contributed by atoms with Crippen molar-refractivity contribution < 1.29 is 9.50 Å². The fourth-order valence-electron chi connectivity index (χ4n) is 3.53. The van der Waals surface area contributed by atoms with Crippen LogP contribution in [-0.2, 0) is 6.42 Å². The summed E-state index contributed by atoms with van der Waals surface area (Å²) in [6.07, 6.45) is 4.64. The van der Waals surface area contributed by atoms with Crippen molar-refractivity contribution in [3.8, 4) is 5.75 Å². The molecule has 130 valence electrons. The first-order valence-corrected chi connectivity index (χ1v) is 8.87. The number of hydrogen-bond donors (Lipinski definition) is 1. The number of aryl methyl sites for hydroxylation is 1. The largest absolute Gasteiger partial charge is 0.508 e. The van der Waals surface area contributed by atoms with E-state index in [0.29, 0.717) is 6.42 Å². The predicted octanol–water partition coefficient (Wildman–Crippen LogP) is 5.63. The smallest absolute Gasteiger partial charge is 0.126 e. The molecule has 0 aromatic heterocycles. The Morgan fingerprint density at radius 2 is 1.80 bits per heavy atom. The van der Waals surface area contributed by atoms with E-state index in [1.165, 1.54) is 11.6 Å². The van der Waals surface area contributed by atoms with Gasteiger partial charge >= 0.3 is 0 Å². The number of hydrogen-bond acceptors (Lipinski definition) is 2. The number of phenolic OH excluding ortho intramolecular Hbond substituents is 1. The number of para-hydroxylation sites is 1. The van der Waals surface area contributed by atoms with E-state index in [1.54, 1.807) is 12.1 Å². The van der Waals surface area contributed by atoms with Gasteiger partial charge in [-0.05, 0) is 49.5 Å². The first-order chi connectivity index (χ1) is 12.1. The average Bonchev–Trinajstić information content (AvgIpc) is 2.62. The number of halogens is 1. The third-order valence-electron chi connectivity index (χ3n) is 4.96. The average molecular weight is 337 g/mol. The van der Waals surface area contributed by atoms with Gasteiger partial charge in [0.25, 0.3) is 0 Å². The molecule has 0 saturated carbocycles. The van der Waals surface area contributed by atoms with Crippen LogP contribution in [0.25, 0.3) is 0 Å². The van der Waals surface area contributed by atoms with Gasteiger partial charge in [0.05, 0.1) is 6.04 Å². The molecule has 2 aromatic carbocycles. The minimum Gasteiger partial charge on any atom is -0.508 e. The lowest BCUT2D eigenvalue weighted by atomic mass is 9.83. The highest BCUT2D eigenvalue weighted by Gasteiger charge is 2.27. The van der Waals surface area contributed by atoms with Crippen molar-refractivity contribution in [2.75, 3.05) is 0 Å². The molecule has 25 heavy (non-hydrogen) atoms. The maximum absolute atomic E-state index is 13.9. The van der Waals surface area contributed by atoms with Crippen LogP contribution in [0.4, 0.5) is 4.39 Å². The Balaban J connectivity index is 1.88. The van der Waals surface area contributed by atoms with Gasteiger partial charge in [-0.3, -0.25) is 4.99 Å². The molecular formula is C22H24FNO. The van der Waals surface area contributed by atoms with Gasteiger partial charge in [0, 0.05) is 17.2 Å². The first kappa shape index (κ1) is 17.4. The molecule has 0 saturated heterocycles. The van der Waals surface area contributed by atoms with E-state index < -0.39 is 0 Å². The van der Waals surface area contributed by atoms with Crippen molar-refractivity contribution in [2.24, 2.45) is 10.9 Å². The molecule has 0 amide bonds. The lowest BCUT2D eigenvalue weighted by Crippen LogP contribution is -2.19. The standard InChI is InChI=1S/C22H24FNO/c1-3-16-14-18(13-12-17-8-4-6-10-20(17)23)22(24-15(16)2)19-9-5-7-11-21(19)25/h4-11,14,18,22,25H,3,12-13H2,1-2H3. The summed E-state index contributed by atoms with van der Waals surface area (Å²) in [5.41, 5.74) is 3.84. The topological polar surface area (TPSA) is 32.6 Å². The Bertz CT molecular complexity index is 809. The molecule has 0 radical (unpaired) electrons. The van der Waals surface area contributed by atoms with Crippen LogP contribution in [0.2, 0.25) is 0 Å². The fraction of sp³-hybridized carbons (Fsp3) is 0.318. The number of allylic oxidation sites excluding steroid dienone is 1. The van der Waals surface area contributed by atoms with Gasteiger partial charge in [-0.25, -0.2) is 4.39 Å². The number of phenols is 1. The van der Waals surface area contributed by atoms with Gasteiger partial charge in [-0.2, -0.15) is 0 Å². The van der Waals surface area contributed by atoms with E-state index in [1.807, 2.05) is 37.3 Å². The molecule has 1 aliphatic rings. The van der Waals surface area contributed by atoms with Crippen molar-refractivity contribution in [2.45, 2.75) is 39.2 Å². The van der Waals surface area contributed by atoms with Crippen LogP contribution in [0.5, 0.6) is 5.75 Å². The Hall–Kier alpha value is -2.42. The Kier molecular flexibility index (Phi) is 5.32. The number of rotatable bonds is 5. The molecule has 2 atom stereocenters. The molecule has 0 bridgehead atoms. The monoisotopic (exact) mass is 337 g/mol. The van der Waals surface area contributed by atoms with Gasteiger partial charge in [0.15, 0.2) is 0 Å². The highest BCUT2D eigenvalue weighted by atomic mass is 19.1. The molecular weight excluding hydrogens is 313 g/mol. The Morgan fingerprint density at radius 1 is 1.08 bits per heavy atom. The molecule has 0 fully saturated rings. The third kappa shape index (κ3) is 3.81. The summed E-state index contributed by atoms with van der Waals surface area (Å²) in [7, 11) is 0. The van der Waals surface area contributed by atoms with Crippen LogP contribution in [0.15, 0.2) is 65.2 Å². The van der Waals surface area contributed by atoms with E-state index in [9.17, 15) is 9.50 Å². The van der Waals surface area contributed by atoms with Crippen molar-refractivity contribution >= 4 is 5.71 Å². The van der Waals surface area contributed by atoms with E-state index in [2.05, 4.69) is 13.0 Å². The molecule has 0 spiro atoms. The summed E-state index contributed by atoms with van der Waals surface area (Å²) in [6, 6.07) is 14.2. The molecule has 1 heterocycles. The summed E-state index contributed by atoms with van der Waals surface area (Å²) < 4.78 is 13.9. The fourth-order valence-corrected chi connectivity index (χ4v) is 3.53. The summed E-state index contributed by atoms with van der Waals surface area (Å²) >= 11 is 0. The maximum Gasteiger partial charge on any atom is 0.126 e. The Morgan fingerprint density at radius 3 is 2.52 bits per heavy atom. The Labute approximate surface area is 148 Å². The molecule has 1 N–H and O–H groups in total. The van der Waals surface area contributed by atoms with E-state index in [-0.39, 0.29) is 23.5 Å². The van der Waals surface area contributed by atoms with Gasteiger partial charge < -0.3 is 5.11 Å². The van der Waals surface area contributed by atoms with E-state index in [0.717, 1.165) is 29.7 Å². The lowest BCUT2D eigenvalue weighted by Gasteiger charge is -2.28. The summed E-state index contributed by atoms with van der Waals surface area (Å²) in [6.45, 7) is 4.15. The molecule has 0 aliphatic carbocycles.